The van der Waals surface area contributed by atoms with Crippen LogP contribution in [0.1, 0.15) is 39.2 Å². The number of anilines is 3. The van der Waals surface area contributed by atoms with E-state index in [0.717, 1.165) is 5.56 Å². The minimum atomic E-state index is -0.245. The van der Waals surface area contributed by atoms with Crippen molar-refractivity contribution in [2.24, 2.45) is 0 Å². The Morgan fingerprint density at radius 1 is 0.622 bits per heavy atom. The van der Waals surface area contributed by atoms with E-state index in [0.29, 0.717) is 28.2 Å². The Morgan fingerprint density at radius 3 is 1.89 bits per heavy atom. The second-order valence-corrected chi connectivity index (χ2v) is 8.49. The van der Waals surface area contributed by atoms with Crippen molar-refractivity contribution >= 4 is 34.8 Å². The minimum Gasteiger partial charge on any atom is -0.376 e. The van der Waals surface area contributed by atoms with Crippen LogP contribution in [-0.2, 0) is 4.79 Å². The number of hydrogen-bond acceptors (Lipinski definition) is 4. The van der Waals surface area contributed by atoms with E-state index in [-0.39, 0.29) is 30.3 Å². The van der Waals surface area contributed by atoms with Crippen molar-refractivity contribution in [3.63, 3.8) is 0 Å². The number of hydrogen-bond donors (Lipinski definition) is 4. The monoisotopic (exact) mass is 492 g/mol. The summed E-state index contributed by atoms with van der Waals surface area (Å²) in [5.74, 6) is -0.637. The van der Waals surface area contributed by atoms with E-state index in [1.807, 2.05) is 43.3 Å². The molecule has 0 saturated carbocycles. The fraction of sp³-hybridized carbons (Fsp3) is 0.100. The predicted octanol–water partition coefficient (Wildman–Crippen LogP) is 5.48. The second-order valence-electron chi connectivity index (χ2n) is 8.49. The molecule has 4 rings (SSSR count). The fourth-order valence-electron chi connectivity index (χ4n) is 3.70. The molecule has 0 fully saturated rings. The van der Waals surface area contributed by atoms with E-state index in [2.05, 4.69) is 21.3 Å². The fourth-order valence-corrected chi connectivity index (χ4v) is 3.70. The Kier molecular flexibility index (Phi) is 8.29. The topological polar surface area (TPSA) is 99.3 Å². The summed E-state index contributed by atoms with van der Waals surface area (Å²) in [5.41, 5.74) is 3.98. The highest BCUT2D eigenvalue weighted by Gasteiger charge is 2.12. The lowest BCUT2D eigenvalue weighted by molar-refractivity contribution is -0.114. The van der Waals surface area contributed by atoms with Crippen LogP contribution in [-0.4, -0.2) is 24.3 Å². The molecule has 4 aromatic rings. The van der Waals surface area contributed by atoms with E-state index >= 15 is 0 Å². The van der Waals surface area contributed by atoms with Gasteiger partial charge in [0, 0.05) is 28.2 Å². The molecule has 0 heterocycles. The molecule has 1 unspecified atom stereocenters. The average molecular weight is 493 g/mol. The Bertz CT molecular complexity index is 1360. The summed E-state index contributed by atoms with van der Waals surface area (Å²) in [7, 11) is 0. The Balaban J connectivity index is 1.26. The van der Waals surface area contributed by atoms with E-state index < -0.39 is 0 Å². The molecular formula is C30H28N4O3. The van der Waals surface area contributed by atoms with Crippen LogP contribution in [0.4, 0.5) is 17.1 Å². The van der Waals surface area contributed by atoms with E-state index in [1.165, 1.54) is 0 Å². The highest BCUT2D eigenvalue weighted by Crippen LogP contribution is 2.17. The summed E-state index contributed by atoms with van der Waals surface area (Å²) in [6.45, 7) is 1.98. The molecule has 0 spiro atoms. The highest BCUT2D eigenvalue weighted by atomic mass is 16.2. The first-order valence-electron chi connectivity index (χ1n) is 11.9. The normalized spacial score (nSPS) is 11.2. The van der Waals surface area contributed by atoms with Gasteiger partial charge in [0.2, 0.25) is 5.91 Å². The van der Waals surface area contributed by atoms with Crippen molar-refractivity contribution in [3.05, 3.63) is 126 Å². The first-order valence-corrected chi connectivity index (χ1v) is 11.9. The van der Waals surface area contributed by atoms with Crippen molar-refractivity contribution in [3.8, 4) is 0 Å². The lowest BCUT2D eigenvalue weighted by atomic mass is 10.1. The summed E-state index contributed by atoms with van der Waals surface area (Å²) in [6.07, 6.45) is 0. The third-order valence-corrected chi connectivity index (χ3v) is 5.69. The van der Waals surface area contributed by atoms with Crippen LogP contribution in [0, 0.1) is 0 Å². The molecule has 0 aliphatic carbocycles. The average Bonchev–Trinajstić information content (AvgIpc) is 2.93. The Hall–Kier alpha value is -4.91. The molecule has 0 aliphatic heterocycles. The predicted molar refractivity (Wildman–Crippen MR) is 147 cm³/mol. The molecule has 0 saturated heterocycles. The van der Waals surface area contributed by atoms with Gasteiger partial charge in [-0.2, -0.15) is 0 Å². The van der Waals surface area contributed by atoms with Crippen LogP contribution in [0.15, 0.2) is 109 Å². The summed E-state index contributed by atoms with van der Waals surface area (Å²) in [4.78, 5) is 37.4. The molecule has 3 amide bonds. The van der Waals surface area contributed by atoms with Crippen LogP contribution in [0.3, 0.4) is 0 Å². The van der Waals surface area contributed by atoms with Gasteiger partial charge in [0.1, 0.15) is 0 Å². The first-order chi connectivity index (χ1) is 18.0. The number of amides is 3. The lowest BCUT2D eigenvalue weighted by Crippen LogP contribution is -2.26. The molecule has 0 aliphatic rings. The first kappa shape index (κ1) is 25.2. The maximum Gasteiger partial charge on any atom is 0.255 e. The molecule has 1 atom stereocenters. The number of benzene rings is 4. The lowest BCUT2D eigenvalue weighted by Gasteiger charge is -2.14. The third kappa shape index (κ3) is 7.29. The van der Waals surface area contributed by atoms with Crippen molar-refractivity contribution in [2.45, 2.75) is 13.0 Å². The van der Waals surface area contributed by atoms with Gasteiger partial charge < -0.3 is 21.3 Å². The van der Waals surface area contributed by atoms with Crippen molar-refractivity contribution in [2.75, 3.05) is 22.5 Å². The van der Waals surface area contributed by atoms with E-state index in [9.17, 15) is 14.4 Å². The van der Waals surface area contributed by atoms with Gasteiger partial charge in [0.15, 0.2) is 0 Å². The summed E-state index contributed by atoms with van der Waals surface area (Å²) in [5, 5.41) is 11.7. The quantitative estimate of drug-likeness (QED) is 0.249. The minimum absolute atomic E-state index is 0.0389. The highest BCUT2D eigenvalue weighted by molar-refractivity contribution is 6.04. The molecule has 186 valence electrons. The van der Waals surface area contributed by atoms with Crippen molar-refractivity contribution in [1.82, 2.24) is 5.32 Å². The zero-order valence-corrected chi connectivity index (χ0v) is 20.4. The number of nitrogens with one attached hydrogen (secondary N) is 4. The van der Waals surface area contributed by atoms with Gasteiger partial charge in [-0.25, -0.2) is 0 Å². The summed E-state index contributed by atoms with van der Waals surface area (Å²) < 4.78 is 0. The zero-order valence-electron chi connectivity index (χ0n) is 20.4. The molecular weight excluding hydrogens is 464 g/mol. The molecule has 7 heteroatoms. The van der Waals surface area contributed by atoms with Gasteiger partial charge in [0.05, 0.1) is 12.6 Å². The van der Waals surface area contributed by atoms with E-state index in [4.69, 9.17) is 0 Å². The van der Waals surface area contributed by atoms with Gasteiger partial charge in [-0.15, -0.1) is 0 Å². The smallest absolute Gasteiger partial charge is 0.255 e. The second kappa shape index (κ2) is 12.2. The molecule has 0 aromatic heterocycles. The maximum atomic E-state index is 12.6. The van der Waals surface area contributed by atoms with Gasteiger partial charge in [-0.05, 0) is 67.1 Å². The van der Waals surface area contributed by atoms with Gasteiger partial charge in [0.25, 0.3) is 11.8 Å². The van der Waals surface area contributed by atoms with Crippen LogP contribution in [0.25, 0.3) is 0 Å². The number of carbonyl (C=O) groups is 3. The molecule has 0 bridgehead atoms. The van der Waals surface area contributed by atoms with Gasteiger partial charge in [-0.3, -0.25) is 14.4 Å². The third-order valence-electron chi connectivity index (χ3n) is 5.69. The molecule has 7 nitrogen and oxygen atoms in total. The van der Waals surface area contributed by atoms with Crippen LogP contribution in [0.5, 0.6) is 0 Å². The molecule has 37 heavy (non-hydrogen) atoms. The number of carbonyl (C=O) groups excluding carboxylic acids is 3. The molecule has 4 N–H and O–H groups in total. The molecule has 0 radical (unpaired) electrons. The zero-order chi connectivity index (χ0) is 26.0. The molecule has 4 aromatic carbocycles. The SMILES string of the molecule is CC(NC(=O)c1ccc(NCC(=O)Nc2cccc(NC(=O)c3ccccc3)c2)cc1)c1ccccc1. The standard InChI is InChI=1S/C30H28N4O3/c1-21(22-9-4-2-5-10-22)32-29(36)24-15-17-25(18-16-24)31-20-28(35)33-26-13-8-14-27(19-26)34-30(37)23-11-6-3-7-12-23/h2-19,21,31H,20H2,1H3,(H,32,36)(H,33,35)(H,34,37). The maximum absolute atomic E-state index is 12.6. The van der Waals surface area contributed by atoms with Crippen molar-refractivity contribution in [1.29, 1.82) is 0 Å². The van der Waals surface area contributed by atoms with E-state index in [1.54, 1.807) is 72.8 Å². The van der Waals surface area contributed by atoms with Crippen molar-refractivity contribution < 1.29 is 14.4 Å². The summed E-state index contributed by atoms with van der Waals surface area (Å²) >= 11 is 0. The Morgan fingerprint density at radius 2 is 1.22 bits per heavy atom. The van der Waals surface area contributed by atoms with Crippen LogP contribution < -0.4 is 21.3 Å². The largest absolute Gasteiger partial charge is 0.376 e. The Labute approximate surface area is 215 Å². The van der Waals surface area contributed by atoms with Gasteiger partial charge in [-0.1, -0.05) is 54.6 Å². The van der Waals surface area contributed by atoms with Gasteiger partial charge >= 0.3 is 0 Å². The summed E-state index contributed by atoms with van der Waals surface area (Å²) in [6, 6.07) is 32.5. The van der Waals surface area contributed by atoms with Crippen LogP contribution in [0.2, 0.25) is 0 Å². The number of rotatable bonds is 9. The van der Waals surface area contributed by atoms with Crippen LogP contribution >= 0.6 is 0 Å².